The van der Waals surface area contributed by atoms with Gasteiger partial charge >= 0.3 is 0 Å². The Morgan fingerprint density at radius 2 is 1.77 bits per heavy atom. The molecule has 1 atom stereocenters. The van der Waals surface area contributed by atoms with Crippen LogP contribution in [0, 0.1) is 5.82 Å². The van der Waals surface area contributed by atoms with Crippen molar-refractivity contribution in [1.29, 1.82) is 0 Å². The summed E-state index contributed by atoms with van der Waals surface area (Å²) in [4.78, 5) is 30.5. The minimum Gasteiger partial charge on any atom is -0.350 e. The van der Waals surface area contributed by atoms with Crippen LogP contribution in [0.4, 0.5) is 4.39 Å². The maximum Gasteiger partial charge on any atom is 0.242 e. The quantitative estimate of drug-likeness (QED) is 0.790. The van der Waals surface area contributed by atoms with Gasteiger partial charge in [-0.1, -0.05) is 19.1 Å². The molecule has 0 fully saturated rings. The molecule has 1 N–H and O–H groups in total. The fourth-order valence-electron chi connectivity index (χ4n) is 2.56. The van der Waals surface area contributed by atoms with Crippen molar-refractivity contribution in [2.24, 2.45) is 0 Å². The number of aromatic nitrogens is 1. The SMILES string of the molecule is CCCC(=O)N(Cc1ccc(F)cc1)C(C)C(=O)NCc1ccncc1. The molecular formula is C20H24FN3O2. The molecule has 0 aliphatic rings. The molecule has 1 aromatic heterocycles. The minimum absolute atomic E-state index is 0.0941. The number of rotatable bonds is 8. The molecule has 0 saturated heterocycles. The van der Waals surface area contributed by atoms with Crippen molar-refractivity contribution in [3.05, 3.63) is 65.7 Å². The lowest BCUT2D eigenvalue weighted by molar-refractivity contribution is -0.140. The predicted molar refractivity (Wildman–Crippen MR) is 97.4 cm³/mol. The maximum absolute atomic E-state index is 13.1. The van der Waals surface area contributed by atoms with E-state index >= 15 is 0 Å². The van der Waals surface area contributed by atoms with Crippen LogP contribution in [0.25, 0.3) is 0 Å². The van der Waals surface area contributed by atoms with Gasteiger partial charge in [0, 0.05) is 31.9 Å². The average Bonchev–Trinajstić information content (AvgIpc) is 2.66. The van der Waals surface area contributed by atoms with E-state index in [1.54, 1.807) is 36.4 Å². The van der Waals surface area contributed by atoms with Crippen molar-refractivity contribution in [2.75, 3.05) is 0 Å². The van der Waals surface area contributed by atoms with E-state index in [-0.39, 0.29) is 24.2 Å². The van der Waals surface area contributed by atoms with Crippen LogP contribution in [0.15, 0.2) is 48.8 Å². The zero-order chi connectivity index (χ0) is 18.9. The number of carbonyl (C=O) groups is 2. The molecule has 0 radical (unpaired) electrons. The molecule has 0 saturated carbocycles. The number of carbonyl (C=O) groups excluding carboxylic acids is 2. The molecular weight excluding hydrogens is 333 g/mol. The van der Waals surface area contributed by atoms with Gasteiger partial charge in [-0.2, -0.15) is 0 Å². The number of pyridine rings is 1. The fourth-order valence-corrected chi connectivity index (χ4v) is 2.56. The predicted octanol–water partition coefficient (Wildman–Crippen LogP) is 3.05. The Balaban J connectivity index is 2.05. The number of halogens is 1. The average molecular weight is 357 g/mol. The molecule has 2 amide bonds. The van der Waals surface area contributed by atoms with Crippen LogP contribution in [0.3, 0.4) is 0 Å². The van der Waals surface area contributed by atoms with Crippen LogP contribution < -0.4 is 5.32 Å². The summed E-state index contributed by atoms with van der Waals surface area (Å²) in [5.41, 5.74) is 1.72. The molecule has 1 aromatic carbocycles. The number of amides is 2. The standard InChI is InChI=1S/C20H24FN3O2/c1-3-4-19(25)24(14-17-5-7-18(21)8-6-17)15(2)20(26)23-13-16-9-11-22-12-10-16/h5-12,15H,3-4,13-14H2,1-2H3,(H,23,26). The van der Waals surface area contributed by atoms with E-state index in [1.165, 1.54) is 12.1 Å². The highest BCUT2D eigenvalue weighted by Crippen LogP contribution is 2.13. The van der Waals surface area contributed by atoms with E-state index in [0.29, 0.717) is 19.4 Å². The van der Waals surface area contributed by atoms with Crippen LogP contribution in [0.1, 0.15) is 37.8 Å². The first-order chi connectivity index (χ1) is 12.5. The molecule has 2 aromatic rings. The van der Waals surface area contributed by atoms with E-state index in [9.17, 15) is 14.0 Å². The van der Waals surface area contributed by atoms with Crippen molar-refractivity contribution in [3.8, 4) is 0 Å². The summed E-state index contributed by atoms with van der Waals surface area (Å²) in [6.45, 7) is 4.27. The van der Waals surface area contributed by atoms with Gasteiger partial charge in [0.25, 0.3) is 0 Å². The van der Waals surface area contributed by atoms with Gasteiger partial charge in [-0.05, 0) is 48.7 Å². The second kappa shape index (κ2) is 9.65. The lowest BCUT2D eigenvalue weighted by Gasteiger charge is -2.28. The van der Waals surface area contributed by atoms with E-state index in [0.717, 1.165) is 11.1 Å². The summed E-state index contributed by atoms with van der Waals surface area (Å²) < 4.78 is 13.1. The Bertz CT molecular complexity index is 720. The van der Waals surface area contributed by atoms with Crippen molar-refractivity contribution < 1.29 is 14.0 Å². The molecule has 0 bridgehead atoms. The lowest BCUT2D eigenvalue weighted by atomic mass is 10.1. The van der Waals surface area contributed by atoms with Crippen LogP contribution in [0.5, 0.6) is 0 Å². The van der Waals surface area contributed by atoms with Crippen LogP contribution in [0.2, 0.25) is 0 Å². The summed E-state index contributed by atoms with van der Waals surface area (Å²) in [5, 5.41) is 2.85. The van der Waals surface area contributed by atoms with Crippen molar-refractivity contribution in [1.82, 2.24) is 15.2 Å². The van der Waals surface area contributed by atoms with Crippen LogP contribution in [-0.2, 0) is 22.7 Å². The molecule has 1 heterocycles. The molecule has 1 unspecified atom stereocenters. The molecule has 6 heteroatoms. The second-order valence-corrected chi connectivity index (χ2v) is 6.15. The molecule has 0 spiro atoms. The number of hydrogen-bond acceptors (Lipinski definition) is 3. The molecule has 2 rings (SSSR count). The molecule has 138 valence electrons. The zero-order valence-electron chi connectivity index (χ0n) is 15.1. The van der Waals surface area contributed by atoms with Gasteiger partial charge in [0.15, 0.2) is 0 Å². The van der Waals surface area contributed by atoms with Gasteiger partial charge in [0.2, 0.25) is 11.8 Å². The Morgan fingerprint density at radius 1 is 1.12 bits per heavy atom. The fraction of sp³-hybridized carbons (Fsp3) is 0.350. The monoisotopic (exact) mass is 357 g/mol. The summed E-state index contributed by atoms with van der Waals surface area (Å²) in [7, 11) is 0. The smallest absolute Gasteiger partial charge is 0.242 e. The Labute approximate surface area is 153 Å². The van der Waals surface area contributed by atoms with E-state index in [1.807, 2.05) is 19.1 Å². The van der Waals surface area contributed by atoms with E-state index < -0.39 is 6.04 Å². The molecule has 0 aliphatic carbocycles. The summed E-state index contributed by atoms with van der Waals surface area (Å²) in [5.74, 6) is -0.653. The Kier molecular flexibility index (Phi) is 7.26. The Morgan fingerprint density at radius 3 is 2.38 bits per heavy atom. The van der Waals surface area contributed by atoms with Gasteiger partial charge < -0.3 is 10.2 Å². The van der Waals surface area contributed by atoms with Crippen LogP contribution >= 0.6 is 0 Å². The summed E-state index contributed by atoms with van der Waals surface area (Å²) in [6, 6.07) is 8.98. The van der Waals surface area contributed by atoms with Gasteiger partial charge in [0.1, 0.15) is 11.9 Å². The topological polar surface area (TPSA) is 62.3 Å². The van der Waals surface area contributed by atoms with E-state index in [2.05, 4.69) is 10.3 Å². The normalized spacial score (nSPS) is 11.7. The Hall–Kier alpha value is -2.76. The summed E-state index contributed by atoms with van der Waals surface area (Å²) >= 11 is 0. The number of benzene rings is 1. The van der Waals surface area contributed by atoms with Gasteiger partial charge in [0.05, 0.1) is 0 Å². The third kappa shape index (κ3) is 5.65. The zero-order valence-corrected chi connectivity index (χ0v) is 15.1. The first kappa shape index (κ1) is 19.6. The summed E-state index contributed by atoms with van der Waals surface area (Å²) in [6.07, 6.45) is 4.39. The number of nitrogens with one attached hydrogen (secondary N) is 1. The molecule has 26 heavy (non-hydrogen) atoms. The third-order valence-electron chi connectivity index (χ3n) is 4.11. The molecule has 0 aliphatic heterocycles. The number of nitrogens with zero attached hydrogens (tertiary/aromatic N) is 2. The highest BCUT2D eigenvalue weighted by Gasteiger charge is 2.25. The van der Waals surface area contributed by atoms with Crippen LogP contribution in [-0.4, -0.2) is 27.7 Å². The first-order valence-electron chi connectivity index (χ1n) is 8.71. The lowest BCUT2D eigenvalue weighted by Crippen LogP contribution is -2.47. The minimum atomic E-state index is -0.624. The number of hydrogen-bond donors (Lipinski definition) is 1. The van der Waals surface area contributed by atoms with Crippen molar-refractivity contribution in [2.45, 2.75) is 45.8 Å². The van der Waals surface area contributed by atoms with Gasteiger partial charge in [-0.25, -0.2) is 4.39 Å². The van der Waals surface area contributed by atoms with E-state index in [4.69, 9.17) is 0 Å². The highest BCUT2D eigenvalue weighted by molar-refractivity contribution is 5.87. The third-order valence-corrected chi connectivity index (χ3v) is 4.11. The van der Waals surface area contributed by atoms with Crippen molar-refractivity contribution in [3.63, 3.8) is 0 Å². The second-order valence-electron chi connectivity index (χ2n) is 6.15. The maximum atomic E-state index is 13.1. The first-order valence-corrected chi connectivity index (χ1v) is 8.71. The van der Waals surface area contributed by atoms with Gasteiger partial charge in [-0.15, -0.1) is 0 Å². The largest absolute Gasteiger partial charge is 0.350 e. The highest BCUT2D eigenvalue weighted by atomic mass is 19.1. The molecule has 5 nitrogen and oxygen atoms in total. The van der Waals surface area contributed by atoms with Gasteiger partial charge in [-0.3, -0.25) is 14.6 Å². The van der Waals surface area contributed by atoms with Crippen molar-refractivity contribution >= 4 is 11.8 Å².